The molecule has 5 heterocycles. The molecule has 58 heavy (non-hydrogen) atoms. The third-order valence-electron chi connectivity index (χ3n) is 11.5. The molecule has 0 atom stereocenters. The summed E-state index contributed by atoms with van der Waals surface area (Å²) in [4.78, 5) is 28.0. The van der Waals surface area contributed by atoms with E-state index in [0.29, 0.717) is 23.1 Å². The van der Waals surface area contributed by atoms with Crippen molar-refractivity contribution >= 4 is 55.5 Å². The summed E-state index contributed by atoms with van der Waals surface area (Å²) < 4.78 is 40.9. The van der Waals surface area contributed by atoms with E-state index in [2.05, 4.69) is 61.9 Å². The maximum absolute atomic E-state index is 13.8. The SMILES string of the molecule is CC1(C)CCC(CN2CC=C(c3ccc(C(=O)NS(=O)(=O)c4ccc(NCC5CCOCC5)nc4)c(Oc4cnc5[nH]ccc5c4)c3)CC2)=C(c2ccc(Cl)cc2)C1. The Morgan fingerprint density at radius 1 is 1.00 bits per heavy atom. The molecular formula is C45H49ClN6O5S. The molecule has 8 rings (SSSR count). The normalized spacial score (nSPS) is 17.9. The third-order valence-corrected chi connectivity index (χ3v) is 13.0. The number of sulfonamides is 1. The number of nitrogens with one attached hydrogen (secondary N) is 3. The summed E-state index contributed by atoms with van der Waals surface area (Å²) in [6, 6.07) is 20.3. The molecule has 302 valence electrons. The smallest absolute Gasteiger partial charge is 0.268 e. The second-order valence-corrected chi connectivity index (χ2v) is 18.4. The second-order valence-electron chi connectivity index (χ2n) is 16.3. The average Bonchev–Trinajstić information content (AvgIpc) is 3.70. The van der Waals surface area contributed by atoms with E-state index in [1.54, 1.807) is 24.5 Å². The number of aromatic nitrogens is 3. The molecule has 1 aliphatic carbocycles. The van der Waals surface area contributed by atoms with Gasteiger partial charge in [-0.3, -0.25) is 9.69 Å². The summed E-state index contributed by atoms with van der Waals surface area (Å²) >= 11 is 6.24. The summed E-state index contributed by atoms with van der Waals surface area (Å²) in [5.41, 5.74) is 7.22. The lowest BCUT2D eigenvalue weighted by Crippen LogP contribution is -2.32. The number of ether oxygens (including phenoxy) is 2. The highest BCUT2D eigenvalue weighted by molar-refractivity contribution is 7.90. The number of hydrogen-bond acceptors (Lipinski definition) is 9. The van der Waals surface area contributed by atoms with Crippen LogP contribution in [0.3, 0.4) is 0 Å². The highest BCUT2D eigenvalue weighted by Crippen LogP contribution is 2.43. The van der Waals surface area contributed by atoms with Crippen molar-refractivity contribution in [2.24, 2.45) is 11.3 Å². The van der Waals surface area contributed by atoms with Gasteiger partial charge in [0.25, 0.3) is 15.9 Å². The maximum Gasteiger partial charge on any atom is 0.268 e. The summed E-state index contributed by atoms with van der Waals surface area (Å²) in [7, 11) is -4.25. The van der Waals surface area contributed by atoms with Crippen molar-refractivity contribution in [2.45, 2.75) is 57.3 Å². The summed E-state index contributed by atoms with van der Waals surface area (Å²) in [5.74, 6) is 0.854. The number of anilines is 1. The Kier molecular flexibility index (Phi) is 11.7. The Morgan fingerprint density at radius 3 is 2.57 bits per heavy atom. The summed E-state index contributed by atoms with van der Waals surface area (Å²) in [5, 5.41) is 4.86. The fraction of sp³-hybridized carbons (Fsp3) is 0.356. The van der Waals surface area contributed by atoms with Gasteiger partial charge in [-0.15, -0.1) is 0 Å². The lowest BCUT2D eigenvalue weighted by molar-refractivity contribution is 0.0699. The number of aromatic amines is 1. The zero-order valence-electron chi connectivity index (χ0n) is 32.9. The van der Waals surface area contributed by atoms with Gasteiger partial charge in [0.2, 0.25) is 0 Å². The van der Waals surface area contributed by atoms with E-state index in [9.17, 15) is 13.2 Å². The molecule has 3 N–H and O–H groups in total. The first-order valence-electron chi connectivity index (χ1n) is 20.0. The number of amides is 1. The van der Waals surface area contributed by atoms with Crippen LogP contribution in [0.2, 0.25) is 5.02 Å². The standard InChI is InChI=1S/C45H49ClN6O5S/c1-45(2)17-11-35(40(25-45)32-3-6-36(46)7-4-32)29-52-19-13-31(14-20-52)33-5-9-39(41(24-33)57-37-23-34-12-18-47-43(34)50-27-37)44(53)51-58(54,55)38-8-10-42(49-28-38)48-26-30-15-21-56-22-16-30/h3-10,12-13,18,23-24,27-28,30H,11,14-17,19-22,25-26,29H2,1-2H3,(H,47,50)(H,48,49)(H,51,53). The first-order chi connectivity index (χ1) is 28.0. The number of halogens is 1. The van der Waals surface area contributed by atoms with Crippen LogP contribution >= 0.6 is 11.6 Å². The Hall–Kier alpha value is -5.01. The van der Waals surface area contributed by atoms with Gasteiger partial charge in [0.15, 0.2) is 0 Å². The van der Waals surface area contributed by atoms with Crippen molar-refractivity contribution in [1.82, 2.24) is 24.6 Å². The number of benzene rings is 2. The molecule has 11 nitrogen and oxygen atoms in total. The number of allylic oxidation sites excluding steroid dienone is 1. The zero-order valence-corrected chi connectivity index (χ0v) is 34.5. The van der Waals surface area contributed by atoms with Crippen molar-refractivity contribution < 1.29 is 22.7 Å². The van der Waals surface area contributed by atoms with Crippen LogP contribution in [-0.2, 0) is 14.8 Å². The molecule has 2 aromatic carbocycles. The molecule has 0 unspecified atom stereocenters. The molecule has 0 saturated carbocycles. The number of rotatable bonds is 12. The van der Waals surface area contributed by atoms with Crippen LogP contribution in [0.1, 0.15) is 73.9 Å². The fourth-order valence-electron chi connectivity index (χ4n) is 8.03. The lowest BCUT2D eigenvalue weighted by atomic mass is 9.72. The van der Waals surface area contributed by atoms with Crippen LogP contribution in [0.4, 0.5) is 5.82 Å². The first kappa shape index (κ1) is 39.8. The number of hydrogen-bond donors (Lipinski definition) is 3. The Labute approximate surface area is 345 Å². The van der Waals surface area contributed by atoms with Crippen LogP contribution in [0.15, 0.2) is 102 Å². The van der Waals surface area contributed by atoms with Gasteiger partial charge in [-0.05, 0) is 121 Å². The number of carbonyl (C=O) groups excluding carboxylic acids is 1. The van der Waals surface area contributed by atoms with Crippen LogP contribution in [-0.4, -0.2) is 73.6 Å². The minimum absolute atomic E-state index is 0.0733. The monoisotopic (exact) mass is 820 g/mol. The van der Waals surface area contributed by atoms with Crippen LogP contribution in [0.5, 0.6) is 11.5 Å². The van der Waals surface area contributed by atoms with E-state index >= 15 is 0 Å². The largest absolute Gasteiger partial charge is 0.455 e. The zero-order chi connectivity index (χ0) is 40.3. The second kappa shape index (κ2) is 17.1. The Balaban J connectivity index is 1.00. The van der Waals surface area contributed by atoms with Crippen molar-refractivity contribution in [3.63, 3.8) is 0 Å². The number of nitrogens with zero attached hydrogens (tertiary/aromatic N) is 3. The van der Waals surface area contributed by atoms with Crippen molar-refractivity contribution in [1.29, 1.82) is 0 Å². The Morgan fingerprint density at radius 2 is 1.81 bits per heavy atom. The van der Waals surface area contributed by atoms with E-state index in [1.165, 1.54) is 29.0 Å². The minimum Gasteiger partial charge on any atom is -0.455 e. The van der Waals surface area contributed by atoms with Crippen molar-refractivity contribution in [2.75, 3.05) is 44.7 Å². The molecule has 0 spiro atoms. The van der Waals surface area contributed by atoms with Gasteiger partial charge in [0.1, 0.15) is 27.9 Å². The van der Waals surface area contributed by atoms with Crippen molar-refractivity contribution in [3.05, 3.63) is 119 Å². The Bertz CT molecular complexity index is 2460. The fourth-order valence-corrected chi connectivity index (χ4v) is 9.06. The molecule has 1 amide bonds. The number of H-pyrrole nitrogens is 1. The van der Waals surface area contributed by atoms with E-state index in [4.69, 9.17) is 21.1 Å². The highest BCUT2D eigenvalue weighted by atomic mass is 35.5. The molecule has 3 aromatic heterocycles. The number of fused-ring (bicyclic) bond motifs is 1. The lowest BCUT2D eigenvalue weighted by Gasteiger charge is -2.36. The van der Waals surface area contributed by atoms with E-state index in [0.717, 1.165) is 99.5 Å². The topological polar surface area (TPSA) is 139 Å². The van der Waals surface area contributed by atoms with Gasteiger partial charge >= 0.3 is 0 Å². The molecule has 13 heteroatoms. The van der Waals surface area contributed by atoms with Crippen LogP contribution in [0, 0.1) is 11.3 Å². The van der Waals surface area contributed by atoms with Crippen LogP contribution in [0.25, 0.3) is 22.2 Å². The van der Waals surface area contributed by atoms with Gasteiger partial charge in [0.05, 0.1) is 11.8 Å². The molecular weight excluding hydrogens is 772 g/mol. The molecule has 5 aromatic rings. The predicted molar refractivity (Wildman–Crippen MR) is 229 cm³/mol. The molecule has 2 aliphatic heterocycles. The molecule has 1 saturated heterocycles. The quantitative estimate of drug-likeness (QED) is 0.113. The van der Waals surface area contributed by atoms with Gasteiger partial charge in [-0.2, -0.15) is 0 Å². The predicted octanol–water partition coefficient (Wildman–Crippen LogP) is 9.11. The highest BCUT2D eigenvalue weighted by Gasteiger charge is 2.29. The number of pyridine rings is 2. The van der Waals surface area contributed by atoms with Crippen molar-refractivity contribution in [3.8, 4) is 11.5 Å². The third kappa shape index (κ3) is 9.47. The van der Waals surface area contributed by atoms with Crippen LogP contribution < -0.4 is 14.8 Å². The van der Waals surface area contributed by atoms with E-state index in [1.807, 2.05) is 36.4 Å². The minimum atomic E-state index is -4.25. The molecule has 0 bridgehead atoms. The van der Waals surface area contributed by atoms with Gasteiger partial charge in [0, 0.05) is 62.2 Å². The van der Waals surface area contributed by atoms with Gasteiger partial charge in [-0.25, -0.2) is 23.1 Å². The maximum atomic E-state index is 13.8. The summed E-state index contributed by atoms with van der Waals surface area (Å²) in [6.07, 6.45) is 12.9. The first-order valence-corrected chi connectivity index (χ1v) is 21.8. The van der Waals surface area contributed by atoms with E-state index < -0.39 is 15.9 Å². The number of carbonyl (C=O) groups is 1. The van der Waals surface area contributed by atoms with Gasteiger partial charge in [-0.1, -0.05) is 55.3 Å². The molecule has 3 aliphatic rings. The molecule has 1 fully saturated rings. The average molecular weight is 821 g/mol. The van der Waals surface area contributed by atoms with E-state index in [-0.39, 0.29) is 21.6 Å². The van der Waals surface area contributed by atoms with Gasteiger partial charge < -0.3 is 19.8 Å². The summed E-state index contributed by atoms with van der Waals surface area (Å²) in [6.45, 7) is 9.45. The molecule has 0 radical (unpaired) electrons.